The van der Waals surface area contributed by atoms with Crippen LogP contribution in [0.3, 0.4) is 0 Å². The lowest BCUT2D eigenvalue weighted by molar-refractivity contribution is -0.0783. The maximum Gasteiger partial charge on any atom is 0.256 e. The van der Waals surface area contributed by atoms with Crippen LogP contribution in [-0.4, -0.2) is 59.7 Å². The number of carbonyl (C=O) groups excluding carboxylic acids is 1. The molecule has 1 heterocycles. The number of likely N-dealkylation sites (tertiary alicyclic amines) is 1. The van der Waals surface area contributed by atoms with Gasteiger partial charge in [0.05, 0.1) is 30.0 Å². The van der Waals surface area contributed by atoms with Crippen LogP contribution in [0, 0.1) is 24.4 Å². The number of hydrogen-bond acceptors (Lipinski definition) is 5. The first kappa shape index (κ1) is 27.0. The zero-order chi connectivity index (χ0) is 24.6. The highest BCUT2D eigenvalue weighted by atomic mass is 32.2. The summed E-state index contributed by atoms with van der Waals surface area (Å²) < 4.78 is 42.6. The zero-order valence-corrected chi connectivity index (χ0v) is 20.3. The summed E-state index contributed by atoms with van der Waals surface area (Å²) in [5.74, 6) is -2.61. The summed E-state index contributed by atoms with van der Waals surface area (Å²) in [6.45, 7) is 6.93. The number of benzene rings is 2. The molecule has 33 heavy (non-hydrogen) atoms. The second kappa shape index (κ2) is 12.3. The molecule has 1 aliphatic rings. The molecule has 0 bridgehead atoms. The second-order valence-corrected chi connectivity index (χ2v) is 8.79. The number of thioether (sulfide) groups is 1. The molecular weight excluding hydrogens is 451 g/mol. The predicted molar refractivity (Wildman–Crippen MR) is 129 cm³/mol. The van der Waals surface area contributed by atoms with Crippen molar-refractivity contribution in [1.29, 1.82) is 0 Å². The van der Waals surface area contributed by atoms with Crippen molar-refractivity contribution >= 4 is 29.0 Å². The maximum absolute atomic E-state index is 14.5. The molecule has 1 aliphatic heterocycles. The van der Waals surface area contributed by atoms with E-state index in [-0.39, 0.29) is 24.3 Å². The van der Waals surface area contributed by atoms with Crippen LogP contribution in [0.25, 0.3) is 0 Å². The summed E-state index contributed by atoms with van der Waals surface area (Å²) in [6.07, 6.45) is 3.00. The Morgan fingerprint density at radius 1 is 1.15 bits per heavy atom. The number of nitrogens with zero attached hydrogens (tertiary/aromatic N) is 1. The lowest BCUT2D eigenvalue weighted by Gasteiger charge is -2.46. The van der Waals surface area contributed by atoms with Gasteiger partial charge in [0.25, 0.3) is 5.91 Å². The van der Waals surface area contributed by atoms with Crippen LogP contribution in [-0.2, 0) is 0 Å². The fraction of sp³-hybridized carbons (Fsp3) is 0.458. The van der Waals surface area contributed by atoms with Gasteiger partial charge in [0.15, 0.2) is 11.6 Å². The summed E-state index contributed by atoms with van der Waals surface area (Å²) in [7, 11) is 0. The quantitative estimate of drug-likeness (QED) is 0.451. The van der Waals surface area contributed by atoms with Crippen LogP contribution in [0.15, 0.2) is 30.3 Å². The normalized spacial score (nSPS) is 14.2. The molecule has 0 spiro atoms. The first-order chi connectivity index (χ1) is 15.7. The van der Waals surface area contributed by atoms with Gasteiger partial charge in [0.2, 0.25) is 0 Å². The summed E-state index contributed by atoms with van der Waals surface area (Å²) in [6, 6.07) is 6.29. The molecule has 2 aromatic carbocycles. The van der Waals surface area contributed by atoms with Crippen LogP contribution in [0.1, 0.15) is 36.2 Å². The smallest absolute Gasteiger partial charge is 0.256 e. The van der Waals surface area contributed by atoms with Crippen molar-refractivity contribution in [3.05, 3.63) is 58.9 Å². The van der Waals surface area contributed by atoms with E-state index < -0.39 is 34.6 Å². The third kappa shape index (κ3) is 6.88. The first-order valence-corrected chi connectivity index (χ1v) is 12.4. The van der Waals surface area contributed by atoms with Gasteiger partial charge < -0.3 is 20.6 Å². The summed E-state index contributed by atoms with van der Waals surface area (Å²) in [5.41, 5.74) is -1.03. The Kier molecular flexibility index (Phi) is 10.1. The number of carbonyl (C=O) groups is 1. The minimum atomic E-state index is -1.27. The first-order valence-electron chi connectivity index (χ1n) is 11.0. The number of nitrogens with one attached hydrogen (secondary N) is 2. The molecule has 182 valence electrons. The van der Waals surface area contributed by atoms with E-state index in [4.69, 9.17) is 0 Å². The van der Waals surface area contributed by atoms with Gasteiger partial charge in [-0.1, -0.05) is 19.9 Å². The average molecular weight is 484 g/mol. The molecule has 1 fully saturated rings. The lowest BCUT2D eigenvalue weighted by atomic mass is 9.92. The number of aliphatic hydroxyl groups is 1. The van der Waals surface area contributed by atoms with Gasteiger partial charge in [-0.2, -0.15) is 11.8 Å². The van der Waals surface area contributed by atoms with Gasteiger partial charge in [-0.15, -0.1) is 0 Å². The molecule has 0 atom stereocenters. The summed E-state index contributed by atoms with van der Waals surface area (Å²) in [5, 5.41) is 16.2. The van der Waals surface area contributed by atoms with E-state index in [1.54, 1.807) is 24.8 Å². The minimum Gasteiger partial charge on any atom is -0.385 e. The second-order valence-electron chi connectivity index (χ2n) is 7.80. The van der Waals surface area contributed by atoms with E-state index in [1.165, 1.54) is 17.0 Å². The van der Waals surface area contributed by atoms with Crippen molar-refractivity contribution < 1.29 is 23.1 Å². The van der Waals surface area contributed by atoms with Crippen molar-refractivity contribution in [2.75, 3.05) is 43.5 Å². The van der Waals surface area contributed by atoms with Crippen molar-refractivity contribution in [2.24, 2.45) is 0 Å². The molecule has 0 radical (unpaired) electrons. The molecule has 0 saturated carbocycles. The number of hydrogen-bond donors (Lipinski definition) is 3. The Morgan fingerprint density at radius 3 is 2.48 bits per heavy atom. The highest BCUT2D eigenvalue weighted by molar-refractivity contribution is 7.98. The van der Waals surface area contributed by atoms with Gasteiger partial charge in [-0.25, -0.2) is 13.2 Å². The number of anilines is 2. The molecule has 0 unspecified atom stereocenters. The topological polar surface area (TPSA) is 64.6 Å². The molecule has 9 heteroatoms. The highest BCUT2D eigenvalue weighted by Gasteiger charge is 2.44. The van der Waals surface area contributed by atoms with Gasteiger partial charge >= 0.3 is 0 Å². The van der Waals surface area contributed by atoms with Crippen LogP contribution >= 0.6 is 11.8 Å². The predicted octanol–water partition coefficient (Wildman–Crippen LogP) is 4.71. The number of aryl methyl sites for hydroxylation is 1. The molecule has 3 N–H and O–H groups in total. The third-order valence-corrected chi connectivity index (χ3v) is 5.82. The zero-order valence-electron chi connectivity index (χ0n) is 19.5. The fourth-order valence-electron chi connectivity index (χ4n) is 3.46. The fourth-order valence-corrected chi connectivity index (χ4v) is 3.89. The van der Waals surface area contributed by atoms with Gasteiger partial charge in [0, 0.05) is 6.54 Å². The Hall–Kier alpha value is -2.23. The Bertz CT molecular complexity index is 953. The van der Waals surface area contributed by atoms with E-state index in [1.807, 2.05) is 20.1 Å². The molecule has 5 nitrogen and oxygen atoms in total. The molecule has 1 amide bonds. The average Bonchev–Trinajstić information content (AvgIpc) is 2.77. The Morgan fingerprint density at radius 2 is 1.85 bits per heavy atom. The summed E-state index contributed by atoms with van der Waals surface area (Å²) >= 11 is 1.74. The van der Waals surface area contributed by atoms with Gasteiger partial charge in [-0.3, -0.25) is 4.79 Å². The Labute approximate surface area is 197 Å². The van der Waals surface area contributed by atoms with Crippen LogP contribution in [0.2, 0.25) is 0 Å². The van der Waals surface area contributed by atoms with E-state index in [9.17, 15) is 23.1 Å². The minimum absolute atomic E-state index is 0.0681. The standard InChI is InChI=1S/C22H26F3N3O2S.C2H6/c1-14-4-7-18(17(24)10-14)27-20-15(5-6-16(23)19(20)25)21(29)28-12-22(30,13-28)11-26-8-3-9-31-2;1-2/h4-7,10,26-27,30H,3,8-9,11-13H2,1-2H3;1-2H3. The number of rotatable bonds is 9. The van der Waals surface area contributed by atoms with E-state index in [0.29, 0.717) is 12.1 Å². The van der Waals surface area contributed by atoms with Crippen LogP contribution in [0.5, 0.6) is 0 Å². The molecule has 3 rings (SSSR count). The molecule has 1 saturated heterocycles. The van der Waals surface area contributed by atoms with E-state index in [0.717, 1.165) is 30.9 Å². The highest BCUT2D eigenvalue weighted by Crippen LogP contribution is 2.31. The third-order valence-electron chi connectivity index (χ3n) is 5.12. The summed E-state index contributed by atoms with van der Waals surface area (Å²) in [4.78, 5) is 14.3. The molecule has 0 aromatic heterocycles. The maximum atomic E-state index is 14.5. The van der Waals surface area contributed by atoms with Gasteiger partial charge in [-0.05, 0) is 61.7 Å². The molecule has 0 aliphatic carbocycles. The van der Waals surface area contributed by atoms with Crippen molar-refractivity contribution in [1.82, 2.24) is 10.2 Å². The lowest BCUT2D eigenvalue weighted by Crippen LogP contribution is -2.67. The number of amides is 1. The number of β-amino-alcohol motifs (C(OH)–C–C–N with tert-alkyl or cyclic N) is 1. The number of halogens is 3. The SMILES string of the molecule is CC.CSCCCNCC1(O)CN(C(=O)c2ccc(F)c(F)c2Nc2ccc(C)cc2F)C1. The monoisotopic (exact) mass is 483 g/mol. The van der Waals surface area contributed by atoms with E-state index in [2.05, 4.69) is 10.6 Å². The van der Waals surface area contributed by atoms with Crippen molar-refractivity contribution in [3.8, 4) is 0 Å². The molecule has 2 aromatic rings. The van der Waals surface area contributed by atoms with Crippen molar-refractivity contribution in [3.63, 3.8) is 0 Å². The van der Waals surface area contributed by atoms with E-state index >= 15 is 0 Å². The largest absolute Gasteiger partial charge is 0.385 e. The Balaban J connectivity index is 0.00000187. The molecular formula is C24H32F3N3O2S. The van der Waals surface area contributed by atoms with Crippen LogP contribution in [0.4, 0.5) is 24.5 Å². The van der Waals surface area contributed by atoms with Crippen LogP contribution < -0.4 is 10.6 Å². The van der Waals surface area contributed by atoms with Gasteiger partial charge in [0.1, 0.15) is 11.4 Å². The van der Waals surface area contributed by atoms with Crippen molar-refractivity contribution in [2.45, 2.75) is 32.8 Å².